The summed E-state index contributed by atoms with van der Waals surface area (Å²) < 4.78 is 0. The monoisotopic (exact) mass is 144 g/mol. The predicted octanol–water partition coefficient (Wildman–Crippen LogP) is 1.32. The van der Waals surface area contributed by atoms with E-state index in [9.17, 15) is 0 Å². The van der Waals surface area contributed by atoms with Gasteiger partial charge in [-0.3, -0.25) is 0 Å². The summed E-state index contributed by atoms with van der Waals surface area (Å²) in [6.45, 7) is 7.27. The van der Waals surface area contributed by atoms with Gasteiger partial charge in [-0.1, -0.05) is 20.3 Å². The summed E-state index contributed by atoms with van der Waals surface area (Å²) in [5.41, 5.74) is 5.34. The highest BCUT2D eigenvalue weighted by Crippen LogP contribution is 2.08. The standard InChI is InChI=1S/C8H20N2/c1-4-7(2)5-8(3)10-6-9/h7-8,10H,4-6,9H2,1-3H3/t7-,8?/m0/s1. The first-order chi connectivity index (χ1) is 4.70. The van der Waals surface area contributed by atoms with Crippen molar-refractivity contribution in [2.24, 2.45) is 11.7 Å². The van der Waals surface area contributed by atoms with Gasteiger partial charge in [-0.25, -0.2) is 0 Å². The average molecular weight is 144 g/mol. The van der Waals surface area contributed by atoms with Crippen molar-refractivity contribution in [3.63, 3.8) is 0 Å². The van der Waals surface area contributed by atoms with E-state index in [1.165, 1.54) is 12.8 Å². The van der Waals surface area contributed by atoms with Crippen molar-refractivity contribution in [2.75, 3.05) is 6.67 Å². The molecule has 0 bridgehead atoms. The molecular weight excluding hydrogens is 124 g/mol. The molecule has 0 heterocycles. The molecule has 2 heteroatoms. The van der Waals surface area contributed by atoms with Gasteiger partial charge in [0, 0.05) is 12.7 Å². The molecule has 0 saturated heterocycles. The molecular formula is C8H20N2. The van der Waals surface area contributed by atoms with Gasteiger partial charge in [0.1, 0.15) is 0 Å². The first kappa shape index (κ1) is 9.92. The second-order valence-corrected chi connectivity index (χ2v) is 3.06. The normalized spacial score (nSPS) is 16.8. The van der Waals surface area contributed by atoms with E-state index in [1.54, 1.807) is 0 Å². The third-order valence-electron chi connectivity index (χ3n) is 1.92. The van der Waals surface area contributed by atoms with E-state index >= 15 is 0 Å². The minimum Gasteiger partial charge on any atom is -0.318 e. The second kappa shape index (κ2) is 5.69. The van der Waals surface area contributed by atoms with Crippen molar-refractivity contribution in [3.05, 3.63) is 0 Å². The fourth-order valence-corrected chi connectivity index (χ4v) is 1.05. The molecule has 0 amide bonds. The molecule has 0 aliphatic rings. The van der Waals surface area contributed by atoms with Gasteiger partial charge in [-0.15, -0.1) is 0 Å². The number of hydrogen-bond donors (Lipinski definition) is 2. The molecule has 0 aromatic carbocycles. The highest BCUT2D eigenvalue weighted by molar-refractivity contribution is 4.62. The van der Waals surface area contributed by atoms with E-state index < -0.39 is 0 Å². The van der Waals surface area contributed by atoms with E-state index in [2.05, 4.69) is 26.1 Å². The zero-order valence-corrected chi connectivity index (χ0v) is 7.35. The predicted molar refractivity (Wildman–Crippen MR) is 45.7 cm³/mol. The largest absolute Gasteiger partial charge is 0.318 e. The van der Waals surface area contributed by atoms with Crippen molar-refractivity contribution < 1.29 is 0 Å². The van der Waals surface area contributed by atoms with Crippen molar-refractivity contribution >= 4 is 0 Å². The van der Waals surface area contributed by atoms with Crippen molar-refractivity contribution in [1.82, 2.24) is 5.32 Å². The summed E-state index contributed by atoms with van der Waals surface area (Å²) in [4.78, 5) is 0. The summed E-state index contributed by atoms with van der Waals surface area (Å²) >= 11 is 0. The van der Waals surface area contributed by atoms with Crippen molar-refractivity contribution in [2.45, 2.75) is 39.7 Å². The van der Waals surface area contributed by atoms with Gasteiger partial charge >= 0.3 is 0 Å². The molecule has 3 N–H and O–H groups in total. The van der Waals surface area contributed by atoms with E-state index in [0.29, 0.717) is 12.7 Å². The van der Waals surface area contributed by atoms with Crippen LogP contribution in [-0.4, -0.2) is 12.7 Å². The van der Waals surface area contributed by atoms with Gasteiger partial charge in [0.25, 0.3) is 0 Å². The molecule has 62 valence electrons. The van der Waals surface area contributed by atoms with Crippen LogP contribution >= 0.6 is 0 Å². The minimum absolute atomic E-state index is 0.569. The molecule has 0 aliphatic carbocycles. The van der Waals surface area contributed by atoms with E-state index in [4.69, 9.17) is 5.73 Å². The van der Waals surface area contributed by atoms with Crippen LogP contribution in [0, 0.1) is 5.92 Å². The summed E-state index contributed by atoms with van der Waals surface area (Å²) in [5.74, 6) is 0.814. The van der Waals surface area contributed by atoms with Gasteiger partial charge in [-0.2, -0.15) is 0 Å². The number of nitrogens with one attached hydrogen (secondary N) is 1. The Bertz CT molecular complexity index is 73.7. The van der Waals surface area contributed by atoms with E-state index in [0.717, 1.165) is 5.92 Å². The Hall–Kier alpha value is -0.0800. The van der Waals surface area contributed by atoms with Crippen LogP contribution in [-0.2, 0) is 0 Å². The topological polar surface area (TPSA) is 38.0 Å². The Morgan fingerprint density at radius 2 is 2.00 bits per heavy atom. The smallest absolute Gasteiger partial charge is 0.0430 e. The Labute approximate surface area is 64.2 Å². The number of rotatable bonds is 5. The highest BCUT2D eigenvalue weighted by Gasteiger charge is 2.04. The Morgan fingerprint density at radius 3 is 2.40 bits per heavy atom. The van der Waals surface area contributed by atoms with Crippen LogP contribution in [0.4, 0.5) is 0 Å². The summed E-state index contributed by atoms with van der Waals surface area (Å²) in [7, 11) is 0. The molecule has 1 unspecified atom stereocenters. The van der Waals surface area contributed by atoms with Crippen LogP contribution in [0.25, 0.3) is 0 Å². The first-order valence-corrected chi connectivity index (χ1v) is 4.14. The van der Waals surface area contributed by atoms with Crippen LogP contribution in [0.1, 0.15) is 33.6 Å². The molecule has 0 aromatic rings. The Balaban J connectivity index is 3.27. The summed E-state index contributed by atoms with van der Waals surface area (Å²) in [6.07, 6.45) is 2.49. The molecule has 0 radical (unpaired) electrons. The first-order valence-electron chi connectivity index (χ1n) is 4.14. The minimum atomic E-state index is 0.569. The molecule has 0 fully saturated rings. The molecule has 0 rings (SSSR count). The fraction of sp³-hybridized carbons (Fsp3) is 1.00. The quantitative estimate of drug-likeness (QED) is 0.571. The molecule has 2 nitrogen and oxygen atoms in total. The second-order valence-electron chi connectivity index (χ2n) is 3.06. The third-order valence-corrected chi connectivity index (χ3v) is 1.92. The molecule has 10 heavy (non-hydrogen) atoms. The Kier molecular flexibility index (Phi) is 5.64. The van der Waals surface area contributed by atoms with Gasteiger partial charge in [-0.05, 0) is 19.3 Å². The van der Waals surface area contributed by atoms with Crippen molar-refractivity contribution in [1.29, 1.82) is 0 Å². The maximum absolute atomic E-state index is 5.34. The van der Waals surface area contributed by atoms with Gasteiger partial charge in [0.2, 0.25) is 0 Å². The van der Waals surface area contributed by atoms with Gasteiger partial charge < -0.3 is 11.1 Å². The Morgan fingerprint density at radius 1 is 1.40 bits per heavy atom. The fourth-order valence-electron chi connectivity index (χ4n) is 1.05. The molecule has 0 aromatic heterocycles. The average Bonchev–Trinajstić information content (AvgIpc) is 1.88. The van der Waals surface area contributed by atoms with Crippen LogP contribution in [0.3, 0.4) is 0 Å². The molecule has 0 spiro atoms. The number of nitrogens with two attached hydrogens (primary N) is 1. The van der Waals surface area contributed by atoms with Crippen molar-refractivity contribution in [3.8, 4) is 0 Å². The zero-order valence-electron chi connectivity index (χ0n) is 7.35. The van der Waals surface area contributed by atoms with Crippen LogP contribution in [0.5, 0.6) is 0 Å². The third kappa shape index (κ3) is 4.77. The lowest BCUT2D eigenvalue weighted by atomic mass is 10.0. The molecule has 0 aliphatic heterocycles. The van der Waals surface area contributed by atoms with Crippen LogP contribution < -0.4 is 11.1 Å². The van der Waals surface area contributed by atoms with Crippen LogP contribution in [0.2, 0.25) is 0 Å². The van der Waals surface area contributed by atoms with Gasteiger partial charge in [0.15, 0.2) is 0 Å². The maximum atomic E-state index is 5.34. The summed E-state index contributed by atoms with van der Waals surface area (Å²) in [5, 5.41) is 3.19. The highest BCUT2D eigenvalue weighted by atomic mass is 15.0. The molecule has 2 atom stereocenters. The maximum Gasteiger partial charge on any atom is 0.0430 e. The van der Waals surface area contributed by atoms with E-state index in [-0.39, 0.29) is 0 Å². The lowest BCUT2D eigenvalue weighted by molar-refractivity contribution is 0.417. The zero-order chi connectivity index (χ0) is 7.98. The lowest BCUT2D eigenvalue weighted by Gasteiger charge is -2.15. The van der Waals surface area contributed by atoms with E-state index in [1.807, 2.05) is 0 Å². The summed E-state index contributed by atoms with van der Waals surface area (Å²) in [6, 6.07) is 0.569. The van der Waals surface area contributed by atoms with Crippen LogP contribution in [0.15, 0.2) is 0 Å². The number of hydrogen-bond acceptors (Lipinski definition) is 2. The molecule has 0 saturated carbocycles. The lowest BCUT2D eigenvalue weighted by Crippen LogP contribution is -2.32. The SMILES string of the molecule is CC[C@H](C)CC(C)NCN. The van der Waals surface area contributed by atoms with Gasteiger partial charge in [0.05, 0.1) is 0 Å².